The van der Waals surface area contributed by atoms with Gasteiger partial charge in [-0.3, -0.25) is 9.69 Å². The van der Waals surface area contributed by atoms with E-state index in [9.17, 15) is 9.18 Å². The number of amides is 1. The molecule has 1 atom stereocenters. The molecule has 0 radical (unpaired) electrons. The number of nitrogens with zero attached hydrogens (tertiary/aromatic N) is 1. The summed E-state index contributed by atoms with van der Waals surface area (Å²) in [6.07, 6.45) is 0.861. The fourth-order valence-corrected chi connectivity index (χ4v) is 2.03. The SMILES string of the molecule is CN1CCC1C(=O)NCc1cccc(Cl)c1F. The molecule has 0 saturated carbocycles. The Morgan fingerprint density at radius 2 is 2.41 bits per heavy atom. The maximum atomic E-state index is 13.5. The molecule has 1 aliphatic rings. The van der Waals surface area contributed by atoms with E-state index in [0.29, 0.717) is 5.56 Å². The van der Waals surface area contributed by atoms with Gasteiger partial charge in [-0.1, -0.05) is 23.7 Å². The van der Waals surface area contributed by atoms with Crippen LogP contribution in [0.4, 0.5) is 4.39 Å². The molecule has 92 valence electrons. The molecule has 1 N–H and O–H groups in total. The first-order valence-electron chi connectivity index (χ1n) is 5.50. The number of benzene rings is 1. The molecule has 5 heteroatoms. The predicted octanol–water partition coefficient (Wildman–Crippen LogP) is 1.80. The van der Waals surface area contributed by atoms with E-state index < -0.39 is 5.82 Å². The Bertz CT molecular complexity index is 439. The Labute approximate surface area is 105 Å². The van der Waals surface area contributed by atoms with Crippen LogP contribution in [-0.2, 0) is 11.3 Å². The molecular formula is C12H14ClFN2O. The van der Waals surface area contributed by atoms with Gasteiger partial charge in [0, 0.05) is 18.7 Å². The predicted molar refractivity (Wildman–Crippen MR) is 64.3 cm³/mol. The van der Waals surface area contributed by atoms with Crippen LogP contribution in [0.5, 0.6) is 0 Å². The van der Waals surface area contributed by atoms with Crippen molar-refractivity contribution in [1.82, 2.24) is 10.2 Å². The summed E-state index contributed by atoms with van der Waals surface area (Å²) >= 11 is 5.66. The smallest absolute Gasteiger partial charge is 0.237 e. The molecule has 1 amide bonds. The lowest BCUT2D eigenvalue weighted by molar-refractivity contribution is -0.129. The fraction of sp³-hybridized carbons (Fsp3) is 0.417. The molecule has 1 heterocycles. The summed E-state index contributed by atoms with van der Waals surface area (Å²) in [5.41, 5.74) is 0.410. The van der Waals surface area contributed by atoms with Gasteiger partial charge in [-0.2, -0.15) is 0 Å². The second kappa shape index (κ2) is 5.02. The van der Waals surface area contributed by atoms with Gasteiger partial charge in [0.05, 0.1) is 11.1 Å². The lowest BCUT2D eigenvalue weighted by Crippen LogP contribution is -2.53. The average Bonchev–Trinajstić information content (AvgIpc) is 2.29. The molecule has 0 aliphatic carbocycles. The molecule has 1 unspecified atom stereocenters. The van der Waals surface area contributed by atoms with E-state index in [4.69, 9.17) is 11.6 Å². The van der Waals surface area contributed by atoms with Crippen molar-refractivity contribution in [1.29, 1.82) is 0 Å². The third-order valence-corrected chi connectivity index (χ3v) is 3.37. The quantitative estimate of drug-likeness (QED) is 0.895. The van der Waals surface area contributed by atoms with Crippen molar-refractivity contribution in [2.24, 2.45) is 0 Å². The molecule has 0 spiro atoms. The van der Waals surface area contributed by atoms with Gasteiger partial charge in [0.15, 0.2) is 0 Å². The van der Waals surface area contributed by atoms with Crippen molar-refractivity contribution in [2.75, 3.05) is 13.6 Å². The van der Waals surface area contributed by atoms with Crippen molar-refractivity contribution in [3.63, 3.8) is 0 Å². The molecule has 1 fully saturated rings. The minimum Gasteiger partial charge on any atom is -0.351 e. The molecular weight excluding hydrogens is 243 g/mol. The Kier molecular flexibility index (Phi) is 3.64. The highest BCUT2D eigenvalue weighted by Crippen LogP contribution is 2.18. The Hall–Kier alpha value is -1.13. The first-order chi connectivity index (χ1) is 8.09. The highest BCUT2D eigenvalue weighted by Gasteiger charge is 2.30. The van der Waals surface area contributed by atoms with E-state index in [0.717, 1.165) is 13.0 Å². The van der Waals surface area contributed by atoms with Gasteiger partial charge in [0.25, 0.3) is 0 Å². The summed E-state index contributed by atoms with van der Waals surface area (Å²) in [4.78, 5) is 13.7. The molecule has 1 aromatic rings. The summed E-state index contributed by atoms with van der Waals surface area (Å²) in [7, 11) is 1.90. The molecule has 1 aromatic carbocycles. The zero-order chi connectivity index (χ0) is 12.4. The monoisotopic (exact) mass is 256 g/mol. The minimum atomic E-state index is -0.462. The van der Waals surface area contributed by atoms with Crippen LogP contribution in [0.25, 0.3) is 0 Å². The second-order valence-electron chi connectivity index (χ2n) is 4.22. The van der Waals surface area contributed by atoms with E-state index in [1.54, 1.807) is 12.1 Å². The summed E-state index contributed by atoms with van der Waals surface area (Å²) in [5, 5.41) is 2.80. The zero-order valence-corrected chi connectivity index (χ0v) is 10.3. The number of hydrogen-bond donors (Lipinski definition) is 1. The van der Waals surface area contributed by atoms with Gasteiger partial charge in [-0.05, 0) is 19.5 Å². The number of nitrogens with one attached hydrogen (secondary N) is 1. The number of halogens is 2. The molecule has 1 aliphatic heterocycles. The van der Waals surface area contributed by atoms with Crippen LogP contribution < -0.4 is 5.32 Å². The number of carbonyl (C=O) groups is 1. The summed E-state index contributed by atoms with van der Waals surface area (Å²) < 4.78 is 13.5. The van der Waals surface area contributed by atoms with Crippen molar-refractivity contribution in [2.45, 2.75) is 19.0 Å². The van der Waals surface area contributed by atoms with Crippen molar-refractivity contribution < 1.29 is 9.18 Å². The first-order valence-corrected chi connectivity index (χ1v) is 5.88. The van der Waals surface area contributed by atoms with Crippen LogP contribution in [-0.4, -0.2) is 30.4 Å². The average molecular weight is 257 g/mol. The maximum absolute atomic E-state index is 13.5. The third kappa shape index (κ3) is 2.58. The second-order valence-corrected chi connectivity index (χ2v) is 4.62. The number of carbonyl (C=O) groups excluding carboxylic acids is 1. The molecule has 2 rings (SSSR count). The molecule has 17 heavy (non-hydrogen) atoms. The first kappa shape index (κ1) is 12.3. The third-order valence-electron chi connectivity index (χ3n) is 3.07. The number of likely N-dealkylation sites (tertiary alicyclic amines) is 1. The zero-order valence-electron chi connectivity index (χ0n) is 9.54. The van der Waals surface area contributed by atoms with Crippen LogP contribution in [0.2, 0.25) is 5.02 Å². The Balaban J connectivity index is 1.93. The van der Waals surface area contributed by atoms with E-state index >= 15 is 0 Å². The summed E-state index contributed by atoms with van der Waals surface area (Å²) in [5.74, 6) is -0.519. The van der Waals surface area contributed by atoms with E-state index in [1.165, 1.54) is 6.07 Å². The largest absolute Gasteiger partial charge is 0.351 e. The molecule has 1 saturated heterocycles. The van der Waals surface area contributed by atoms with Crippen LogP contribution in [0.1, 0.15) is 12.0 Å². The van der Waals surface area contributed by atoms with Crippen LogP contribution >= 0.6 is 11.6 Å². The van der Waals surface area contributed by atoms with Crippen LogP contribution in [0, 0.1) is 5.82 Å². The minimum absolute atomic E-state index is 0.0573. The highest BCUT2D eigenvalue weighted by molar-refractivity contribution is 6.30. The lowest BCUT2D eigenvalue weighted by atomic mass is 10.0. The van der Waals surface area contributed by atoms with E-state index in [2.05, 4.69) is 5.32 Å². The summed E-state index contributed by atoms with van der Waals surface area (Å²) in [6.45, 7) is 1.11. The van der Waals surface area contributed by atoms with E-state index in [1.807, 2.05) is 11.9 Å². The van der Waals surface area contributed by atoms with Gasteiger partial charge in [-0.15, -0.1) is 0 Å². The summed E-state index contributed by atoms with van der Waals surface area (Å²) in [6, 6.07) is 4.70. The molecule has 0 bridgehead atoms. The van der Waals surface area contributed by atoms with Gasteiger partial charge < -0.3 is 5.32 Å². The van der Waals surface area contributed by atoms with Crippen molar-refractivity contribution in [3.8, 4) is 0 Å². The molecule has 3 nitrogen and oxygen atoms in total. The van der Waals surface area contributed by atoms with E-state index in [-0.39, 0.29) is 23.5 Å². The Morgan fingerprint density at radius 3 is 3.00 bits per heavy atom. The Morgan fingerprint density at radius 1 is 1.65 bits per heavy atom. The molecule has 0 aromatic heterocycles. The van der Waals surface area contributed by atoms with Gasteiger partial charge in [0.2, 0.25) is 5.91 Å². The maximum Gasteiger partial charge on any atom is 0.237 e. The van der Waals surface area contributed by atoms with Gasteiger partial charge >= 0.3 is 0 Å². The van der Waals surface area contributed by atoms with Crippen LogP contribution in [0.15, 0.2) is 18.2 Å². The van der Waals surface area contributed by atoms with Gasteiger partial charge in [0.1, 0.15) is 5.82 Å². The lowest BCUT2D eigenvalue weighted by Gasteiger charge is -2.36. The normalized spacial score (nSPS) is 19.8. The van der Waals surface area contributed by atoms with Crippen molar-refractivity contribution in [3.05, 3.63) is 34.6 Å². The topological polar surface area (TPSA) is 32.3 Å². The standard InChI is InChI=1S/C12H14ClFN2O/c1-16-6-5-10(16)12(17)15-7-8-3-2-4-9(13)11(8)14/h2-4,10H,5-7H2,1H3,(H,15,17). The fourth-order valence-electron chi connectivity index (χ4n) is 1.83. The van der Waals surface area contributed by atoms with Gasteiger partial charge in [-0.25, -0.2) is 4.39 Å². The number of hydrogen-bond acceptors (Lipinski definition) is 2. The highest BCUT2D eigenvalue weighted by atomic mass is 35.5. The number of likely N-dealkylation sites (N-methyl/N-ethyl adjacent to an activating group) is 1. The number of rotatable bonds is 3. The van der Waals surface area contributed by atoms with Crippen LogP contribution in [0.3, 0.4) is 0 Å². The van der Waals surface area contributed by atoms with Crippen molar-refractivity contribution >= 4 is 17.5 Å².